The fourth-order valence-electron chi connectivity index (χ4n) is 3.51. The van der Waals surface area contributed by atoms with E-state index >= 15 is 0 Å². The Kier molecular flexibility index (Phi) is 4.89. The lowest BCUT2D eigenvalue weighted by molar-refractivity contribution is -0.226. The predicted molar refractivity (Wildman–Crippen MR) is 96.7 cm³/mol. The topological polar surface area (TPSA) is 48.4 Å². The second kappa shape index (κ2) is 6.79. The molecule has 1 aliphatic rings. The first-order valence-corrected chi connectivity index (χ1v) is 8.91. The molecule has 0 saturated heterocycles. The molecule has 0 spiro atoms. The Morgan fingerprint density at radius 2 is 1.61 bits per heavy atom. The molecule has 1 aromatic heterocycles. The van der Waals surface area contributed by atoms with Gasteiger partial charge in [0.1, 0.15) is 5.75 Å². The zero-order valence-corrected chi connectivity index (χ0v) is 16.1. The number of rotatable bonds is 5. The first-order chi connectivity index (χ1) is 12.9. The summed E-state index contributed by atoms with van der Waals surface area (Å²) in [5, 5.41) is 0. The summed E-state index contributed by atoms with van der Waals surface area (Å²) in [6.07, 6.45) is -7.25. The third-order valence-electron chi connectivity index (χ3n) is 5.77. The van der Waals surface area contributed by atoms with E-state index in [1.165, 1.54) is 18.2 Å². The molecule has 1 fully saturated rings. The van der Waals surface area contributed by atoms with Gasteiger partial charge in [0.05, 0.1) is 11.6 Å². The maximum absolute atomic E-state index is 13.6. The van der Waals surface area contributed by atoms with Gasteiger partial charge in [-0.3, -0.25) is 4.79 Å². The number of hydrogen-bond donors (Lipinski definition) is 0. The zero-order valence-electron chi connectivity index (χ0n) is 16.1. The van der Waals surface area contributed by atoms with Gasteiger partial charge in [-0.15, -0.1) is 0 Å². The minimum Gasteiger partial charge on any atom is -0.446 e. The van der Waals surface area contributed by atoms with Gasteiger partial charge in [-0.05, 0) is 29.0 Å². The number of carbonyl (C=O) groups excluding carboxylic acids is 1. The number of alkyl halides is 3. The van der Waals surface area contributed by atoms with Gasteiger partial charge in [-0.25, -0.2) is 4.98 Å². The van der Waals surface area contributed by atoms with Gasteiger partial charge >= 0.3 is 12.1 Å². The van der Waals surface area contributed by atoms with Crippen LogP contribution in [0, 0.1) is 16.7 Å². The van der Waals surface area contributed by atoms with Crippen molar-refractivity contribution in [2.45, 2.75) is 40.0 Å². The van der Waals surface area contributed by atoms with Crippen molar-refractivity contribution in [3.05, 3.63) is 54.2 Å². The molecule has 4 nitrogen and oxygen atoms in total. The van der Waals surface area contributed by atoms with Crippen LogP contribution in [0.4, 0.5) is 13.2 Å². The fraction of sp³-hybridized carbons (Fsp3) is 0.429. The van der Waals surface area contributed by atoms with Crippen LogP contribution in [0.2, 0.25) is 0 Å². The van der Waals surface area contributed by atoms with Crippen molar-refractivity contribution < 1.29 is 27.4 Å². The monoisotopic (exact) mass is 393 g/mol. The highest BCUT2D eigenvalue weighted by Gasteiger charge is 2.69. The molecule has 1 atom stereocenters. The molecule has 0 radical (unpaired) electrons. The van der Waals surface area contributed by atoms with Gasteiger partial charge < -0.3 is 9.47 Å². The van der Waals surface area contributed by atoms with Crippen molar-refractivity contribution in [1.82, 2.24) is 4.98 Å². The second-order valence-electron chi connectivity index (χ2n) is 8.05. The Balaban J connectivity index is 1.83. The highest BCUT2D eigenvalue weighted by molar-refractivity contribution is 5.79. The van der Waals surface area contributed by atoms with E-state index in [2.05, 4.69) is 4.98 Å². The third-order valence-corrected chi connectivity index (χ3v) is 5.77. The number of halogens is 3. The molecule has 150 valence electrons. The number of pyridine rings is 1. The summed E-state index contributed by atoms with van der Waals surface area (Å²) >= 11 is 0. The molecule has 0 bridgehead atoms. The van der Waals surface area contributed by atoms with Crippen molar-refractivity contribution in [1.29, 1.82) is 0 Å². The van der Waals surface area contributed by atoms with E-state index in [0.29, 0.717) is 5.75 Å². The molecule has 28 heavy (non-hydrogen) atoms. The van der Waals surface area contributed by atoms with Crippen molar-refractivity contribution in [2.75, 3.05) is 0 Å². The first-order valence-electron chi connectivity index (χ1n) is 8.91. The molecule has 3 rings (SSSR count). The Bertz CT molecular complexity index is 849. The van der Waals surface area contributed by atoms with E-state index in [1.54, 1.807) is 30.3 Å². The summed E-state index contributed by atoms with van der Waals surface area (Å²) in [7, 11) is 0. The summed E-state index contributed by atoms with van der Waals surface area (Å²) in [4.78, 5) is 16.4. The minimum atomic E-state index is -4.79. The summed E-state index contributed by atoms with van der Waals surface area (Å²) in [5.41, 5.74) is -1.27. The number of para-hydroxylation sites is 1. The first kappa shape index (κ1) is 20.2. The standard InChI is InChI=1S/C21H22F3NO3/c1-19(2)16(20(19,3)4)18(26)28-17(21(22,23)24)14-11-8-12-15(25-14)27-13-9-6-5-7-10-13/h5-12,16-17H,1-4H3. The highest BCUT2D eigenvalue weighted by atomic mass is 19.4. The van der Waals surface area contributed by atoms with E-state index < -0.39 is 40.7 Å². The van der Waals surface area contributed by atoms with E-state index in [1.807, 2.05) is 27.7 Å². The normalized spacial score (nSPS) is 19.0. The lowest BCUT2D eigenvalue weighted by Crippen LogP contribution is -2.28. The summed E-state index contributed by atoms with van der Waals surface area (Å²) in [6.45, 7) is 7.37. The van der Waals surface area contributed by atoms with Crippen molar-refractivity contribution in [3.63, 3.8) is 0 Å². The summed E-state index contributed by atoms with van der Waals surface area (Å²) in [6, 6.07) is 12.6. The van der Waals surface area contributed by atoms with E-state index in [-0.39, 0.29) is 5.88 Å². The third kappa shape index (κ3) is 3.70. The Morgan fingerprint density at radius 3 is 2.14 bits per heavy atom. The summed E-state index contributed by atoms with van der Waals surface area (Å²) < 4.78 is 51.3. The number of carbonyl (C=O) groups is 1. The second-order valence-corrected chi connectivity index (χ2v) is 8.05. The molecule has 1 saturated carbocycles. The SMILES string of the molecule is CC1(C)C(C(=O)OC(c2cccc(Oc3ccccc3)n2)C(F)(F)F)C1(C)C. The molecule has 0 N–H and O–H groups in total. The lowest BCUT2D eigenvalue weighted by atomic mass is 10.0. The number of aromatic nitrogens is 1. The van der Waals surface area contributed by atoms with E-state index in [0.717, 1.165) is 0 Å². The van der Waals surface area contributed by atoms with Gasteiger partial charge in [-0.1, -0.05) is 52.0 Å². The van der Waals surface area contributed by atoms with Crippen LogP contribution in [0.5, 0.6) is 11.6 Å². The minimum absolute atomic E-state index is 0.0129. The molecule has 1 aromatic carbocycles. The van der Waals surface area contributed by atoms with E-state index in [4.69, 9.17) is 9.47 Å². The van der Waals surface area contributed by atoms with Gasteiger partial charge in [0.2, 0.25) is 12.0 Å². The molecule has 1 heterocycles. The molecular weight excluding hydrogens is 371 g/mol. The number of ether oxygens (including phenoxy) is 2. The van der Waals surface area contributed by atoms with Crippen molar-refractivity contribution in [3.8, 4) is 11.6 Å². The summed E-state index contributed by atoms with van der Waals surface area (Å²) in [5.74, 6) is -1.04. The maximum Gasteiger partial charge on any atom is 0.431 e. The lowest BCUT2D eigenvalue weighted by Gasteiger charge is -2.21. The van der Waals surface area contributed by atoms with Crippen LogP contribution in [-0.2, 0) is 9.53 Å². The molecule has 7 heteroatoms. The Labute approximate surface area is 161 Å². The van der Waals surface area contributed by atoms with Crippen LogP contribution in [0.25, 0.3) is 0 Å². The molecule has 0 amide bonds. The number of benzene rings is 1. The molecular formula is C21H22F3NO3. The Hall–Kier alpha value is -2.57. The van der Waals surface area contributed by atoms with Crippen LogP contribution in [0.3, 0.4) is 0 Å². The molecule has 1 unspecified atom stereocenters. The Morgan fingerprint density at radius 1 is 1.00 bits per heavy atom. The van der Waals surface area contributed by atoms with Crippen LogP contribution in [-0.4, -0.2) is 17.1 Å². The van der Waals surface area contributed by atoms with Crippen LogP contribution in [0.1, 0.15) is 39.5 Å². The zero-order chi connectivity index (χ0) is 20.7. The number of nitrogens with zero attached hydrogens (tertiary/aromatic N) is 1. The molecule has 2 aromatic rings. The molecule has 0 aliphatic heterocycles. The van der Waals surface area contributed by atoms with Gasteiger partial charge in [0.15, 0.2) is 0 Å². The van der Waals surface area contributed by atoms with Crippen LogP contribution >= 0.6 is 0 Å². The maximum atomic E-state index is 13.6. The van der Waals surface area contributed by atoms with Crippen molar-refractivity contribution in [2.24, 2.45) is 16.7 Å². The predicted octanol–water partition coefficient (Wildman–Crippen LogP) is 5.70. The van der Waals surface area contributed by atoms with Gasteiger partial charge in [0, 0.05) is 6.07 Å². The average molecular weight is 393 g/mol. The van der Waals surface area contributed by atoms with Crippen LogP contribution < -0.4 is 4.74 Å². The van der Waals surface area contributed by atoms with Gasteiger partial charge in [-0.2, -0.15) is 13.2 Å². The number of esters is 1. The van der Waals surface area contributed by atoms with Gasteiger partial charge in [0.25, 0.3) is 0 Å². The van der Waals surface area contributed by atoms with E-state index in [9.17, 15) is 18.0 Å². The van der Waals surface area contributed by atoms with Crippen molar-refractivity contribution >= 4 is 5.97 Å². The fourth-order valence-corrected chi connectivity index (χ4v) is 3.51. The highest BCUT2D eigenvalue weighted by Crippen LogP contribution is 2.69. The average Bonchev–Trinajstić information content (AvgIpc) is 3.01. The van der Waals surface area contributed by atoms with Crippen LogP contribution in [0.15, 0.2) is 48.5 Å². The smallest absolute Gasteiger partial charge is 0.431 e. The largest absolute Gasteiger partial charge is 0.446 e. The number of hydrogen-bond acceptors (Lipinski definition) is 4. The molecule has 1 aliphatic carbocycles. The quantitative estimate of drug-likeness (QED) is 0.611.